The normalized spacial score (nSPS) is 15.8. The molecule has 4 heterocycles. The van der Waals surface area contributed by atoms with Crippen LogP contribution in [0.1, 0.15) is 28.4 Å². The lowest BCUT2D eigenvalue weighted by atomic mass is 10.1. The third kappa shape index (κ3) is 4.51. The van der Waals surface area contributed by atoms with Gasteiger partial charge >= 0.3 is 0 Å². The Labute approximate surface area is 220 Å². The van der Waals surface area contributed by atoms with Gasteiger partial charge in [-0.2, -0.15) is 0 Å². The molecule has 2 amide bonds. The van der Waals surface area contributed by atoms with Crippen molar-refractivity contribution in [3.05, 3.63) is 65.5 Å². The molecule has 3 aromatic rings. The van der Waals surface area contributed by atoms with Crippen LogP contribution in [-0.4, -0.2) is 62.7 Å². The minimum Gasteiger partial charge on any atom is -0.493 e. The maximum atomic E-state index is 13.3. The van der Waals surface area contributed by atoms with Crippen LogP contribution >= 0.6 is 0 Å². The molecule has 11 nitrogen and oxygen atoms in total. The highest BCUT2D eigenvalue weighted by Crippen LogP contribution is 2.38. The molecule has 2 N–H and O–H groups in total. The maximum absolute atomic E-state index is 13.3. The van der Waals surface area contributed by atoms with E-state index >= 15 is 0 Å². The first-order valence-electron chi connectivity index (χ1n) is 12.2. The lowest BCUT2D eigenvalue weighted by Crippen LogP contribution is -2.43. The quantitative estimate of drug-likeness (QED) is 0.484. The molecule has 198 valence electrons. The lowest BCUT2D eigenvalue weighted by Gasteiger charge is -2.30. The number of carbonyl (C=O) groups is 2. The molecule has 1 aromatic carbocycles. The van der Waals surface area contributed by atoms with Crippen LogP contribution in [0.15, 0.2) is 48.8 Å². The van der Waals surface area contributed by atoms with Gasteiger partial charge in [0.1, 0.15) is 18.1 Å². The Morgan fingerprint density at radius 2 is 1.92 bits per heavy atom. The molecule has 0 saturated heterocycles. The van der Waals surface area contributed by atoms with Crippen LogP contribution < -0.4 is 24.6 Å². The predicted octanol–water partition coefficient (Wildman–Crippen LogP) is 2.02. The fourth-order valence-corrected chi connectivity index (χ4v) is 6.30. The zero-order valence-corrected chi connectivity index (χ0v) is 21.9. The Morgan fingerprint density at radius 3 is 2.68 bits per heavy atom. The Morgan fingerprint density at radius 1 is 1.13 bits per heavy atom. The van der Waals surface area contributed by atoms with Crippen molar-refractivity contribution in [1.29, 1.82) is 0 Å². The molecule has 0 saturated carbocycles. The summed E-state index contributed by atoms with van der Waals surface area (Å²) in [6.45, 7) is 2.44. The highest BCUT2D eigenvalue weighted by Gasteiger charge is 2.33. The summed E-state index contributed by atoms with van der Waals surface area (Å²) < 4.78 is 32.2. The van der Waals surface area contributed by atoms with Crippen LogP contribution in [0.25, 0.3) is 0 Å². The summed E-state index contributed by atoms with van der Waals surface area (Å²) in [5.74, 6) is 0.735. The standard InChI is InChI=1S/C26H28N6O5S/c1-3-31-24-19(26(34)30(2)21-7-5-11-28-25(21)31)14-17(15-29-24)9-12-37-22-8-4-6-20-18(22)10-13-38(35,36)32(20)16-23(27)33/h4-8,11,14-15H,3,9-10,12-13,16H2,1-2H3,(H2,27,33). The van der Waals surface area contributed by atoms with Gasteiger partial charge in [0.2, 0.25) is 15.9 Å². The number of sulfonamides is 1. The number of amides is 2. The first-order valence-corrected chi connectivity index (χ1v) is 13.8. The zero-order valence-electron chi connectivity index (χ0n) is 21.1. The van der Waals surface area contributed by atoms with Gasteiger partial charge in [0.25, 0.3) is 5.91 Å². The number of benzene rings is 1. The van der Waals surface area contributed by atoms with Crippen LogP contribution in [0.5, 0.6) is 5.75 Å². The molecule has 38 heavy (non-hydrogen) atoms. The van der Waals surface area contributed by atoms with Crippen molar-refractivity contribution < 1.29 is 22.7 Å². The van der Waals surface area contributed by atoms with E-state index in [1.54, 1.807) is 48.6 Å². The van der Waals surface area contributed by atoms with Crippen molar-refractivity contribution in [2.45, 2.75) is 19.8 Å². The zero-order chi connectivity index (χ0) is 27.0. The molecule has 0 fully saturated rings. The second kappa shape index (κ2) is 9.93. The monoisotopic (exact) mass is 536 g/mol. The Bertz CT molecular complexity index is 1530. The molecule has 0 radical (unpaired) electrons. The van der Waals surface area contributed by atoms with E-state index in [2.05, 4.69) is 9.97 Å². The number of ether oxygens (including phenoxy) is 1. The van der Waals surface area contributed by atoms with E-state index in [9.17, 15) is 18.0 Å². The number of hydrogen-bond donors (Lipinski definition) is 1. The molecule has 0 bridgehead atoms. The molecule has 12 heteroatoms. The number of anilines is 4. The summed E-state index contributed by atoms with van der Waals surface area (Å²) in [5.41, 5.74) is 8.42. The number of hydrogen-bond acceptors (Lipinski definition) is 8. The minimum atomic E-state index is -3.64. The van der Waals surface area contributed by atoms with Crippen molar-refractivity contribution in [2.24, 2.45) is 5.73 Å². The molecule has 5 rings (SSSR count). The largest absolute Gasteiger partial charge is 0.493 e. The minimum absolute atomic E-state index is 0.136. The highest BCUT2D eigenvalue weighted by molar-refractivity contribution is 7.92. The average molecular weight is 537 g/mol. The van der Waals surface area contributed by atoms with Gasteiger partial charge < -0.3 is 20.3 Å². The summed E-state index contributed by atoms with van der Waals surface area (Å²) in [4.78, 5) is 37.5. The van der Waals surface area contributed by atoms with Gasteiger partial charge in [-0.05, 0) is 49.2 Å². The fourth-order valence-electron chi connectivity index (χ4n) is 4.83. The third-order valence-electron chi connectivity index (χ3n) is 6.68. The highest BCUT2D eigenvalue weighted by atomic mass is 32.2. The van der Waals surface area contributed by atoms with Gasteiger partial charge in [-0.1, -0.05) is 6.07 Å². The SMILES string of the molecule is CCN1c2ncc(CCOc3cccc4c3CCS(=O)(=O)N4CC(N)=O)cc2C(=O)N(C)c2cccnc21. The average Bonchev–Trinajstić information content (AvgIpc) is 2.98. The lowest BCUT2D eigenvalue weighted by molar-refractivity contribution is -0.116. The predicted molar refractivity (Wildman–Crippen MR) is 144 cm³/mol. The van der Waals surface area contributed by atoms with Gasteiger partial charge in [0.05, 0.1) is 29.3 Å². The molecule has 2 aliphatic heterocycles. The summed E-state index contributed by atoms with van der Waals surface area (Å²) in [7, 11) is -1.91. The topological polar surface area (TPSA) is 139 Å². The number of fused-ring (bicyclic) bond motifs is 3. The van der Waals surface area contributed by atoms with Crippen molar-refractivity contribution in [1.82, 2.24) is 9.97 Å². The second-order valence-corrected chi connectivity index (χ2v) is 11.1. The summed E-state index contributed by atoms with van der Waals surface area (Å²) in [6.07, 6.45) is 4.17. The van der Waals surface area contributed by atoms with E-state index in [-0.39, 0.29) is 24.7 Å². The first-order chi connectivity index (χ1) is 18.2. The smallest absolute Gasteiger partial charge is 0.261 e. The van der Waals surface area contributed by atoms with Gasteiger partial charge in [0.15, 0.2) is 5.82 Å². The Hall–Kier alpha value is -4.19. The second-order valence-electron chi connectivity index (χ2n) is 9.06. The fraction of sp³-hybridized carbons (Fsp3) is 0.308. The number of pyridine rings is 2. The van der Waals surface area contributed by atoms with Crippen molar-refractivity contribution >= 4 is 44.8 Å². The van der Waals surface area contributed by atoms with Crippen LogP contribution in [0.2, 0.25) is 0 Å². The number of nitrogens with two attached hydrogens (primary N) is 1. The molecule has 0 unspecified atom stereocenters. The Kier molecular flexibility index (Phi) is 6.66. The van der Waals surface area contributed by atoms with Crippen molar-refractivity contribution in [3.63, 3.8) is 0 Å². The third-order valence-corrected chi connectivity index (χ3v) is 8.40. The number of carbonyl (C=O) groups excluding carboxylic acids is 2. The van der Waals surface area contributed by atoms with E-state index in [4.69, 9.17) is 10.5 Å². The van der Waals surface area contributed by atoms with Crippen LogP contribution in [0.3, 0.4) is 0 Å². The van der Waals surface area contributed by atoms with Gasteiger partial charge in [-0.15, -0.1) is 0 Å². The van der Waals surface area contributed by atoms with Crippen molar-refractivity contribution in [2.75, 3.05) is 46.6 Å². The first kappa shape index (κ1) is 25.5. The number of nitrogens with zero attached hydrogens (tertiary/aromatic N) is 5. The Balaban J connectivity index is 1.37. The number of aromatic nitrogens is 2. The molecule has 0 spiro atoms. The summed E-state index contributed by atoms with van der Waals surface area (Å²) >= 11 is 0. The van der Waals surface area contributed by atoms with E-state index < -0.39 is 22.5 Å². The number of primary amides is 1. The molecule has 2 aromatic heterocycles. The van der Waals surface area contributed by atoms with Gasteiger partial charge in [0, 0.05) is 38.0 Å². The van der Waals surface area contributed by atoms with E-state index in [1.807, 2.05) is 24.0 Å². The van der Waals surface area contributed by atoms with Crippen molar-refractivity contribution in [3.8, 4) is 5.75 Å². The maximum Gasteiger partial charge on any atom is 0.261 e. The van der Waals surface area contributed by atoms with E-state index in [0.29, 0.717) is 52.9 Å². The molecule has 2 aliphatic rings. The van der Waals surface area contributed by atoms with E-state index in [1.165, 1.54) is 0 Å². The van der Waals surface area contributed by atoms with E-state index in [0.717, 1.165) is 9.87 Å². The molecule has 0 aliphatic carbocycles. The molecular formula is C26H28N6O5S. The summed E-state index contributed by atoms with van der Waals surface area (Å²) in [5, 5.41) is 0. The van der Waals surface area contributed by atoms with Crippen LogP contribution in [0, 0.1) is 0 Å². The van der Waals surface area contributed by atoms with Gasteiger partial charge in [-0.3, -0.25) is 13.9 Å². The summed E-state index contributed by atoms with van der Waals surface area (Å²) in [6, 6.07) is 10.6. The van der Waals surface area contributed by atoms with Crippen LogP contribution in [-0.2, 0) is 27.7 Å². The molecule has 0 atom stereocenters. The van der Waals surface area contributed by atoms with Crippen LogP contribution in [0.4, 0.5) is 23.0 Å². The van der Waals surface area contributed by atoms with Gasteiger partial charge in [-0.25, -0.2) is 18.4 Å². The number of rotatable bonds is 7. The molecular weight excluding hydrogens is 508 g/mol.